The summed E-state index contributed by atoms with van der Waals surface area (Å²) in [5.41, 5.74) is 1.05. The summed E-state index contributed by atoms with van der Waals surface area (Å²) in [5.74, 6) is 0. The van der Waals surface area contributed by atoms with Gasteiger partial charge in [-0.15, -0.1) is 0 Å². The van der Waals surface area contributed by atoms with E-state index in [1.165, 1.54) is 0 Å². The van der Waals surface area contributed by atoms with Crippen molar-refractivity contribution in [1.82, 2.24) is 4.72 Å². The van der Waals surface area contributed by atoms with Crippen LogP contribution in [0.4, 0.5) is 0 Å². The minimum absolute atomic E-state index is 0.325. The van der Waals surface area contributed by atoms with E-state index in [4.69, 9.17) is 0 Å². The second-order valence-corrected chi connectivity index (χ2v) is 7.07. The molecule has 0 radical (unpaired) electrons. The monoisotopic (exact) mass is 319 g/mol. The van der Waals surface area contributed by atoms with Gasteiger partial charge in [-0.2, -0.15) is 0 Å². The Balaban J connectivity index is 2.60. The number of alkyl halides is 1. The van der Waals surface area contributed by atoms with Crippen molar-refractivity contribution in [3.05, 3.63) is 29.8 Å². The molecule has 5 heteroatoms. The molecule has 0 bridgehead atoms. The molecular weight excluding hydrogens is 302 g/mol. The first-order valence-electron chi connectivity index (χ1n) is 5.66. The average molecular weight is 320 g/mol. The number of halogens is 1. The normalized spacial score (nSPS) is 13.6. The second-order valence-electron chi connectivity index (χ2n) is 4.01. The molecule has 0 saturated heterocycles. The van der Waals surface area contributed by atoms with E-state index < -0.39 is 10.0 Å². The standard InChI is InChI=1S/C12H18BrNO2S/c1-3-11(13)8-9-14-17(15,16)12-6-4-10(2)5-7-12/h4-7,11,14H,3,8-9H2,1-2H3. The highest BCUT2D eigenvalue weighted by molar-refractivity contribution is 9.09. The topological polar surface area (TPSA) is 46.2 Å². The minimum atomic E-state index is -3.35. The van der Waals surface area contributed by atoms with Crippen LogP contribution in [0, 0.1) is 6.92 Å². The Labute approximate surface area is 112 Å². The highest BCUT2D eigenvalue weighted by Gasteiger charge is 2.13. The van der Waals surface area contributed by atoms with Gasteiger partial charge in [0.1, 0.15) is 0 Å². The van der Waals surface area contributed by atoms with E-state index in [2.05, 4.69) is 27.6 Å². The van der Waals surface area contributed by atoms with Crippen molar-refractivity contribution in [2.75, 3.05) is 6.54 Å². The van der Waals surface area contributed by atoms with Crippen LogP contribution in [0.25, 0.3) is 0 Å². The first-order chi connectivity index (χ1) is 7.95. The van der Waals surface area contributed by atoms with Gasteiger partial charge in [-0.05, 0) is 31.9 Å². The van der Waals surface area contributed by atoms with Crippen LogP contribution >= 0.6 is 15.9 Å². The van der Waals surface area contributed by atoms with Crippen LogP contribution in [0.3, 0.4) is 0 Å². The maximum atomic E-state index is 11.9. The SMILES string of the molecule is CCC(Br)CCNS(=O)(=O)c1ccc(C)cc1. The van der Waals surface area contributed by atoms with E-state index in [0.717, 1.165) is 18.4 Å². The minimum Gasteiger partial charge on any atom is -0.211 e. The summed E-state index contributed by atoms with van der Waals surface area (Å²) < 4.78 is 26.4. The molecule has 1 rings (SSSR count). The van der Waals surface area contributed by atoms with Gasteiger partial charge in [-0.3, -0.25) is 0 Å². The van der Waals surface area contributed by atoms with Crippen molar-refractivity contribution in [3.63, 3.8) is 0 Å². The quantitative estimate of drug-likeness (QED) is 0.819. The third-order valence-corrected chi connectivity index (χ3v) is 5.11. The number of aryl methyl sites for hydroxylation is 1. The number of benzene rings is 1. The van der Waals surface area contributed by atoms with Gasteiger partial charge < -0.3 is 0 Å². The van der Waals surface area contributed by atoms with Crippen LogP contribution in [0.1, 0.15) is 25.3 Å². The number of hydrogen-bond acceptors (Lipinski definition) is 2. The molecule has 1 atom stereocenters. The summed E-state index contributed by atoms with van der Waals surface area (Å²) in [7, 11) is -3.35. The summed E-state index contributed by atoms with van der Waals surface area (Å²) >= 11 is 3.48. The third-order valence-electron chi connectivity index (χ3n) is 2.52. The molecule has 0 heterocycles. The van der Waals surface area contributed by atoms with Gasteiger partial charge in [-0.25, -0.2) is 13.1 Å². The van der Waals surface area contributed by atoms with Crippen molar-refractivity contribution in [1.29, 1.82) is 0 Å². The fourth-order valence-corrected chi connectivity index (χ4v) is 2.63. The van der Waals surface area contributed by atoms with E-state index in [9.17, 15) is 8.42 Å². The van der Waals surface area contributed by atoms with Gasteiger partial charge in [0.2, 0.25) is 10.0 Å². The molecule has 17 heavy (non-hydrogen) atoms. The van der Waals surface area contributed by atoms with Gasteiger partial charge in [-0.1, -0.05) is 40.5 Å². The highest BCUT2D eigenvalue weighted by Crippen LogP contribution is 2.11. The lowest BCUT2D eigenvalue weighted by atomic mass is 10.2. The van der Waals surface area contributed by atoms with Crippen LogP contribution in [-0.4, -0.2) is 19.8 Å². The molecule has 0 fully saturated rings. The summed E-state index contributed by atoms with van der Waals surface area (Å²) in [6.07, 6.45) is 1.79. The van der Waals surface area contributed by atoms with Crippen LogP contribution in [0.2, 0.25) is 0 Å². The fourth-order valence-electron chi connectivity index (χ4n) is 1.35. The van der Waals surface area contributed by atoms with Crippen LogP contribution in [-0.2, 0) is 10.0 Å². The molecule has 1 aromatic carbocycles. The molecule has 0 saturated carbocycles. The van der Waals surface area contributed by atoms with Crippen molar-refractivity contribution in [2.24, 2.45) is 0 Å². The molecular formula is C12H18BrNO2S. The predicted molar refractivity (Wildman–Crippen MR) is 74.0 cm³/mol. The lowest BCUT2D eigenvalue weighted by molar-refractivity contribution is 0.577. The Morgan fingerprint density at radius 1 is 1.29 bits per heavy atom. The number of nitrogens with one attached hydrogen (secondary N) is 1. The van der Waals surface area contributed by atoms with Gasteiger partial charge in [0, 0.05) is 11.4 Å². The Hall–Kier alpha value is -0.390. The summed E-state index contributed by atoms with van der Waals surface area (Å²) in [6.45, 7) is 4.45. The maximum absolute atomic E-state index is 11.9. The van der Waals surface area contributed by atoms with E-state index >= 15 is 0 Å². The molecule has 0 amide bonds. The largest absolute Gasteiger partial charge is 0.240 e. The van der Waals surface area contributed by atoms with E-state index in [1.54, 1.807) is 24.3 Å². The molecule has 3 nitrogen and oxygen atoms in total. The summed E-state index contributed by atoms with van der Waals surface area (Å²) in [6, 6.07) is 6.86. The Bertz CT molecular complexity index is 442. The summed E-state index contributed by atoms with van der Waals surface area (Å²) in [4.78, 5) is 0.689. The number of sulfonamides is 1. The van der Waals surface area contributed by atoms with Gasteiger partial charge in [0.25, 0.3) is 0 Å². The van der Waals surface area contributed by atoms with Gasteiger partial charge >= 0.3 is 0 Å². The summed E-state index contributed by atoms with van der Waals surface area (Å²) in [5, 5.41) is 0. The molecule has 1 aromatic rings. The molecule has 0 aliphatic heterocycles. The van der Waals surface area contributed by atoms with Crippen molar-refractivity contribution < 1.29 is 8.42 Å². The van der Waals surface area contributed by atoms with E-state index in [1.807, 2.05) is 6.92 Å². The zero-order chi connectivity index (χ0) is 12.9. The second kappa shape index (κ2) is 6.52. The Kier molecular flexibility index (Phi) is 5.62. The Morgan fingerprint density at radius 3 is 2.41 bits per heavy atom. The molecule has 0 aromatic heterocycles. The number of hydrogen-bond donors (Lipinski definition) is 1. The smallest absolute Gasteiger partial charge is 0.211 e. The molecule has 1 N–H and O–H groups in total. The first-order valence-corrected chi connectivity index (χ1v) is 8.06. The number of rotatable bonds is 6. The lowest BCUT2D eigenvalue weighted by Gasteiger charge is -2.09. The zero-order valence-corrected chi connectivity index (χ0v) is 12.5. The zero-order valence-electron chi connectivity index (χ0n) is 10.1. The van der Waals surface area contributed by atoms with Crippen LogP contribution < -0.4 is 4.72 Å². The molecule has 0 aliphatic carbocycles. The van der Waals surface area contributed by atoms with Crippen LogP contribution in [0.15, 0.2) is 29.2 Å². The molecule has 1 unspecified atom stereocenters. The fraction of sp³-hybridized carbons (Fsp3) is 0.500. The first kappa shape index (κ1) is 14.7. The Morgan fingerprint density at radius 2 is 1.88 bits per heavy atom. The van der Waals surface area contributed by atoms with Crippen LogP contribution in [0.5, 0.6) is 0 Å². The third kappa shape index (κ3) is 4.77. The molecule has 0 aliphatic rings. The van der Waals surface area contributed by atoms with E-state index in [0.29, 0.717) is 16.3 Å². The predicted octanol–water partition coefficient (Wildman–Crippen LogP) is 2.84. The van der Waals surface area contributed by atoms with E-state index in [-0.39, 0.29) is 0 Å². The van der Waals surface area contributed by atoms with Crippen molar-refractivity contribution in [2.45, 2.75) is 36.4 Å². The molecule has 0 spiro atoms. The lowest BCUT2D eigenvalue weighted by Crippen LogP contribution is -2.26. The van der Waals surface area contributed by atoms with Gasteiger partial charge in [0.15, 0.2) is 0 Å². The maximum Gasteiger partial charge on any atom is 0.240 e. The van der Waals surface area contributed by atoms with Crippen molar-refractivity contribution >= 4 is 26.0 Å². The molecule has 96 valence electrons. The van der Waals surface area contributed by atoms with Gasteiger partial charge in [0.05, 0.1) is 4.90 Å². The van der Waals surface area contributed by atoms with Crippen molar-refractivity contribution in [3.8, 4) is 0 Å². The highest BCUT2D eigenvalue weighted by atomic mass is 79.9. The average Bonchev–Trinajstić information content (AvgIpc) is 2.29.